The second-order valence-corrected chi connectivity index (χ2v) is 11.3. The summed E-state index contributed by atoms with van der Waals surface area (Å²) in [5.74, 6) is 0.242. The van der Waals surface area contributed by atoms with Crippen molar-refractivity contribution in [1.82, 2.24) is 4.90 Å². The number of hydrogen-bond donors (Lipinski definition) is 1. The molecule has 40 heavy (non-hydrogen) atoms. The van der Waals surface area contributed by atoms with Crippen molar-refractivity contribution in [2.75, 3.05) is 25.1 Å². The van der Waals surface area contributed by atoms with E-state index < -0.39 is 5.92 Å². The third-order valence-electron chi connectivity index (χ3n) is 7.54. The van der Waals surface area contributed by atoms with Crippen LogP contribution in [0.1, 0.15) is 63.9 Å². The number of Topliss-reactive ketones (excluding diaryl/α,β-unsaturated/α-hetero) is 2. The largest absolute Gasteiger partial charge is 0.490 e. The maximum atomic E-state index is 13.4. The van der Waals surface area contributed by atoms with Crippen LogP contribution in [-0.4, -0.2) is 42.1 Å². The van der Waals surface area contributed by atoms with E-state index in [-0.39, 0.29) is 24.1 Å². The van der Waals surface area contributed by atoms with E-state index >= 15 is 0 Å². The lowest BCUT2D eigenvalue weighted by atomic mass is 9.71. The molecule has 210 valence electrons. The zero-order chi connectivity index (χ0) is 28.4. The van der Waals surface area contributed by atoms with Gasteiger partial charge >= 0.3 is 0 Å². The minimum absolute atomic E-state index is 0.0999. The first-order valence-corrected chi connectivity index (χ1v) is 14.9. The van der Waals surface area contributed by atoms with Crippen LogP contribution < -0.4 is 14.8 Å². The van der Waals surface area contributed by atoms with E-state index in [1.807, 2.05) is 19.1 Å². The van der Waals surface area contributed by atoms with Gasteiger partial charge in [0.25, 0.3) is 5.91 Å². The Morgan fingerprint density at radius 2 is 1.60 bits per heavy atom. The zero-order valence-corrected chi connectivity index (χ0v) is 25.0. The number of halogens is 2. The number of amides is 1. The number of nitrogens with zero attached hydrogens (tertiary/aromatic N) is 1. The first-order valence-electron chi connectivity index (χ1n) is 13.8. The van der Waals surface area contributed by atoms with Crippen LogP contribution in [0.2, 0.25) is 5.02 Å². The number of allylic oxidation sites excluding steroid dienone is 4. The van der Waals surface area contributed by atoms with E-state index in [4.69, 9.17) is 21.1 Å². The Bertz CT molecular complexity index is 1370. The van der Waals surface area contributed by atoms with Gasteiger partial charge in [0, 0.05) is 58.6 Å². The van der Waals surface area contributed by atoms with E-state index in [0.29, 0.717) is 46.1 Å². The van der Waals surface area contributed by atoms with Crippen LogP contribution >= 0.6 is 27.5 Å². The van der Waals surface area contributed by atoms with Gasteiger partial charge in [0.05, 0.1) is 11.1 Å². The fourth-order valence-corrected chi connectivity index (χ4v) is 6.66. The minimum Gasteiger partial charge on any atom is -0.490 e. The first kappa shape index (κ1) is 28.4. The molecule has 1 N–H and O–H groups in total. The number of carbonyl (C=O) groups is 3. The number of ether oxygens (including phenoxy) is 2. The lowest BCUT2D eigenvalue weighted by molar-refractivity contribution is -0.118. The number of nitrogens with one attached hydrogen (secondary N) is 1. The van der Waals surface area contributed by atoms with Crippen molar-refractivity contribution in [2.24, 2.45) is 0 Å². The van der Waals surface area contributed by atoms with Gasteiger partial charge in [0.1, 0.15) is 0 Å². The first-order chi connectivity index (χ1) is 19.3. The molecule has 1 heterocycles. The van der Waals surface area contributed by atoms with Crippen LogP contribution in [0.15, 0.2) is 63.4 Å². The average Bonchev–Trinajstić information content (AvgIpc) is 2.93. The highest BCUT2D eigenvalue weighted by Gasteiger charge is 2.43. The summed E-state index contributed by atoms with van der Waals surface area (Å²) in [4.78, 5) is 41.7. The maximum absolute atomic E-state index is 13.4. The van der Waals surface area contributed by atoms with Gasteiger partial charge in [-0.1, -0.05) is 11.6 Å². The number of ketones is 2. The van der Waals surface area contributed by atoms with Crippen molar-refractivity contribution in [2.45, 2.75) is 58.3 Å². The second-order valence-electron chi connectivity index (χ2n) is 10.1. The summed E-state index contributed by atoms with van der Waals surface area (Å²) in [7, 11) is 0. The summed E-state index contributed by atoms with van der Waals surface area (Å²) in [5, 5.41) is 3.36. The Kier molecular flexibility index (Phi) is 8.66. The summed E-state index contributed by atoms with van der Waals surface area (Å²) in [6.45, 7) is 4.80. The third-order valence-corrected chi connectivity index (χ3v) is 8.38. The van der Waals surface area contributed by atoms with Gasteiger partial charge in [0.15, 0.2) is 29.7 Å². The highest BCUT2D eigenvalue weighted by atomic mass is 79.9. The van der Waals surface area contributed by atoms with E-state index in [2.05, 4.69) is 33.1 Å². The highest BCUT2D eigenvalue weighted by molar-refractivity contribution is 9.10. The van der Waals surface area contributed by atoms with E-state index in [0.717, 1.165) is 60.3 Å². The van der Waals surface area contributed by atoms with Crippen molar-refractivity contribution >= 4 is 50.7 Å². The lowest BCUT2D eigenvalue weighted by Gasteiger charge is -2.43. The summed E-state index contributed by atoms with van der Waals surface area (Å²) in [6.07, 6.45) is 4.23. The highest BCUT2D eigenvalue weighted by Crippen LogP contribution is 2.51. The smallest absolute Gasteiger partial charge is 0.262 e. The average molecular weight is 628 g/mol. The summed E-state index contributed by atoms with van der Waals surface area (Å²) >= 11 is 9.55. The molecule has 9 heteroatoms. The number of anilines is 1. The molecule has 0 radical (unpaired) electrons. The Balaban J connectivity index is 1.50. The van der Waals surface area contributed by atoms with Gasteiger partial charge < -0.3 is 19.7 Å². The summed E-state index contributed by atoms with van der Waals surface area (Å²) < 4.78 is 12.5. The molecule has 0 saturated carbocycles. The Labute approximate surface area is 247 Å². The van der Waals surface area contributed by atoms with Crippen molar-refractivity contribution in [3.63, 3.8) is 0 Å². The monoisotopic (exact) mass is 626 g/mol. The second kappa shape index (κ2) is 12.2. The van der Waals surface area contributed by atoms with E-state index in [1.54, 1.807) is 24.3 Å². The minimum atomic E-state index is -0.453. The molecular formula is C31H32BrClN2O5. The molecule has 2 aromatic carbocycles. The molecule has 1 aliphatic heterocycles. The van der Waals surface area contributed by atoms with Crippen LogP contribution in [0, 0.1) is 0 Å². The number of carbonyl (C=O) groups excluding carboxylic acids is 3. The zero-order valence-electron chi connectivity index (χ0n) is 22.6. The molecule has 0 unspecified atom stereocenters. The van der Waals surface area contributed by atoms with E-state index in [9.17, 15) is 14.4 Å². The SMILES string of the molecule is CCOc1cc(C2C3=C(CCCC3=O)N(CC)C3=C2C(=O)CCC3)cc(Br)c1OCC(=O)Nc1ccc(Cl)cc1. The molecule has 0 spiro atoms. The number of benzene rings is 2. The van der Waals surface area contributed by atoms with Crippen LogP contribution in [0.4, 0.5) is 5.69 Å². The normalized spacial score (nSPS) is 17.6. The maximum Gasteiger partial charge on any atom is 0.262 e. The summed E-state index contributed by atoms with van der Waals surface area (Å²) in [6, 6.07) is 10.6. The standard InChI is InChI=1S/C31H32BrClN2O5/c1-3-35-22-7-5-9-24(36)29(22)28(30-23(35)8-6-10-25(30)37)18-15-21(32)31(26(16-18)39-4-2)40-17-27(38)34-20-13-11-19(33)12-14-20/h11-16,28H,3-10,17H2,1-2H3,(H,34,38). The molecule has 0 aromatic heterocycles. The number of hydrogen-bond acceptors (Lipinski definition) is 6. The van der Waals surface area contributed by atoms with Gasteiger partial charge in [-0.2, -0.15) is 0 Å². The molecule has 0 bridgehead atoms. The fraction of sp³-hybridized carbons (Fsp3) is 0.387. The van der Waals surface area contributed by atoms with Gasteiger partial charge in [0.2, 0.25) is 0 Å². The molecule has 2 aliphatic carbocycles. The van der Waals surface area contributed by atoms with Crippen molar-refractivity contribution in [3.8, 4) is 11.5 Å². The third kappa shape index (κ3) is 5.56. The molecule has 1 amide bonds. The van der Waals surface area contributed by atoms with Crippen LogP contribution in [0.3, 0.4) is 0 Å². The molecule has 0 atom stereocenters. The molecule has 5 rings (SSSR count). The molecule has 0 fully saturated rings. The van der Waals surface area contributed by atoms with Crippen LogP contribution in [0.5, 0.6) is 11.5 Å². The Hall–Kier alpha value is -3.10. The Morgan fingerprint density at radius 1 is 0.975 bits per heavy atom. The van der Waals surface area contributed by atoms with E-state index in [1.165, 1.54) is 0 Å². The Morgan fingerprint density at radius 3 is 2.17 bits per heavy atom. The van der Waals surface area contributed by atoms with Gasteiger partial charge in [-0.3, -0.25) is 14.4 Å². The predicted molar refractivity (Wildman–Crippen MR) is 158 cm³/mol. The van der Waals surface area contributed by atoms with Crippen LogP contribution in [-0.2, 0) is 14.4 Å². The quantitative estimate of drug-likeness (QED) is 0.341. The summed E-state index contributed by atoms with van der Waals surface area (Å²) in [5.41, 5.74) is 4.96. The molecule has 3 aliphatic rings. The molecule has 0 saturated heterocycles. The molecular weight excluding hydrogens is 596 g/mol. The van der Waals surface area contributed by atoms with Gasteiger partial charge in [-0.15, -0.1) is 0 Å². The van der Waals surface area contributed by atoms with Crippen molar-refractivity contribution in [3.05, 3.63) is 74.0 Å². The van der Waals surface area contributed by atoms with Crippen LogP contribution in [0.25, 0.3) is 0 Å². The molecule has 7 nitrogen and oxygen atoms in total. The van der Waals surface area contributed by atoms with Gasteiger partial charge in [-0.25, -0.2) is 0 Å². The van der Waals surface area contributed by atoms with Crippen molar-refractivity contribution in [1.29, 1.82) is 0 Å². The lowest BCUT2D eigenvalue weighted by Crippen LogP contribution is -2.39. The fourth-order valence-electron chi connectivity index (χ4n) is 5.96. The van der Waals surface area contributed by atoms with Crippen molar-refractivity contribution < 1.29 is 23.9 Å². The topological polar surface area (TPSA) is 84.9 Å². The number of rotatable bonds is 8. The van der Waals surface area contributed by atoms with Gasteiger partial charge in [-0.05, 0) is 97.4 Å². The predicted octanol–water partition coefficient (Wildman–Crippen LogP) is 6.95. The molecule has 2 aromatic rings.